The minimum atomic E-state index is -0.740. The molecule has 0 fully saturated rings. The van der Waals surface area contributed by atoms with Gasteiger partial charge in [-0.05, 0) is 71.7 Å². The number of rotatable bonds is 11. The van der Waals surface area contributed by atoms with Gasteiger partial charge in [0.1, 0.15) is 11.2 Å². The summed E-state index contributed by atoms with van der Waals surface area (Å²) in [6, 6.07) is 5.82. The summed E-state index contributed by atoms with van der Waals surface area (Å²) in [4.78, 5) is 30.9. The molecule has 1 amide bonds. The lowest BCUT2D eigenvalue weighted by Gasteiger charge is -2.33. The molecule has 0 spiro atoms. The van der Waals surface area contributed by atoms with Gasteiger partial charge in [0.2, 0.25) is 0 Å². The van der Waals surface area contributed by atoms with Crippen molar-refractivity contribution in [2.45, 2.75) is 78.4 Å². The fourth-order valence-electron chi connectivity index (χ4n) is 3.50. The van der Waals surface area contributed by atoms with Gasteiger partial charge in [-0.1, -0.05) is 13.0 Å². The van der Waals surface area contributed by atoms with Crippen molar-refractivity contribution in [2.24, 2.45) is 0 Å². The Morgan fingerprint density at radius 3 is 2.09 bits per heavy atom. The Bertz CT molecular complexity index is 821. The topological polar surface area (TPSA) is 77.1 Å². The molecule has 0 radical (unpaired) electrons. The second kappa shape index (κ2) is 12.8. The van der Waals surface area contributed by atoms with E-state index in [9.17, 15) is 9.59 Å². The maximum absolute atomic E-state index is 12.8. The van der Waals surface area contributed by atoms with Crippen LogP contribution in [0.2, 0.25) is 0 Å². The van der Waals surface area contributed by atoms with E-state index >= 15 is 0 Å². The smallest absolute Gasteiger partial charge is 0.407 e. The minimum absolute atomic E-state index is 0.0778. The van der Waals surface area contributed by atoms with Crippen LogP contribution in [0.3, 0.4) is 0 Å². The predicted octanol–water partition coefficient (Wildman–Crippen LogP) is 5.72. The third-order valence-corrected chi connectivity index (χ3v) is 5.06. The number of nitrogens with zero attached hydrogens (tertiary/aromatic N) is 1. The fourth-order valence-corrected chi connectivity index (χ4v) is 3.72. The van der Waals surface area contributed by atoms with Crippen molar-refractivity contribution in [2.75, 3.05) is 36.5 Å². The van der Waals surface area contributed by atoms with E-state index in [4.69, 9.17) is 37.5 Å². The van der Waals surface area contributed by atoms with E-state index < -0.39 is 22.7 Å². The predicted molar refractivity (Wildman–Crippen MR) is 138 cm³/mol. The van der Waals surface area contributed by atoms with Crippen LogP contribution in [0, 0.1) is 6.92 Å². The summed E-state index contributed by atoms with van der Waals surface area (Å²) in [7, 11) is 0. The summed E-state index contributed by atoms with van der Waals surface area (Å²) in [5.74, 6) is 0.401. The molecule has 0 aromatic heterocycles. The molecule has 0 heterocycles. The molecular weight excluding hydrogens is 479 g/mol. The lowest BCUT2D eigenvalue weighted by atomic mass is 9.77. The van der Waals surface area contributed by atoms with Gasteiger partial charge in [0.25, 0.3) is 0 Å². The highest BCUT2D eigenvalue weighted by Crippen LogP contribution is 2.33. The molecule has 194 valence electrons. The number of esters is 1. The van der Waals surface area contributed by atoms with Crippen LogP contribution in [0.25, 0.3) is 0 Å². The molecule has 7 nitrogen and oxygen atoms in total. The van der Waals surface area contributed by atoms with Crippen molar-refractivity contribution in [3.63, 3.8) is 0 Å². The molecule has 0 saturated heterocycles. The van der Waals surface area contributed by atoms with Gasteiger partial charge in [0.05, 0.1) is 25.3 Å². The Labute approximate surface area is 214 Å². The van der Waals surface area contributed by atoms with E-state index in [1.807, 2.05) is 52.8 Å². The highest BCUT2D eigenvalue weighted by Gasteiger charge is 2.34. The number of hydrogen-bond acceptors (Lipinski definition) is 6. The first-order valence-electron chi connectivity index (χ1n) is 11.4. The second-order valence-corrected chi connectivity index (χ2v) is 11.2. The van der Waals surface area contributed by atoms with Crippen molar-refractivity contribution in [1.29, 1.82) is 0 Å². The number of ether oxygens (including phenoxy) is 2. The number of carbonyl (C=O) groups is 2. The van der Waals surface area contributed by atoms with Crippen molar-refractivity contribution in [3.8, 4) is 0 Å². The SMILES string of the molecule is Cc1cc(N(CCCl)OCCCl)ccc1C(C)(CNC(=O)OC(C)(C)C)CC(=O)OC(C)(C)C. The van der Waals surface area contributed by atoms with Gasteiger partial charge < -0.3 is 14.8 Å². The Morgan fingerprint density at radius 1 is 0.971 bits per heavy atom. The lowest BCUT2D eigenvalue weighted by Crippen LogP contribution is -2.43. The molecule has 0 aliphatic heterocycles. The monoisotopic (exact) mass is 518 g/mol. The van der Waals surface area contributed by atoms with Crippen LogP contribution in [0.5, 0.6) is 0 Å². The molecule has 1 unspecified atom stereocenters. The second-order valence-electron chi connectivity index (χ2n) is 10.5. The fraction of sp³-hybridized carbons (Fsp3) is 0.680. The lowest BCUT2D eigenvalue weighted by molar-refractivity contribution is -0.156. The summed E-state index contributed by atoms with van der Waals surface area (Å²) in [6.07, 6.45) is -0.464. The Morgan fingerprint density at radius 2 is 1.59 bits per heavy atom. The number of hydroxylamine groups is 1. The Hall–Kier alpha value is -1.70. The van der Waals surface area contributed by atoms with E-state index in [0.717, 1.165) is 16.8 Å². The molecule has 0 aliphatic rings. The first-order chi connectivity index (χ1) is 15.6. The van der Waals surface area contributed by atoms with E-state index in [0.29, 0.717) is 24.9 Å². The molecule has 1 N–H and O–H groups in total. The molecule has 34 heavy (non-hydrogen) atoms. The zero-order chi connectivity index (χ0) is 26.2. The maximum atomic E-state index is 12.8. The average molecular weight is 520 g/mol. The number of amides is 1. The zero-order valence-corrected chi connectivity index (χ0v) is 23.2. The van der Waals surface area contributed by atoms with E-state index in [2.05, 4.69) is 5.32 Å². The van der Waals surface area contributed by atoms with Crippen molar-refractivity contribution >= 4 is 41.0 Å². The van der Waals surface area contributed by atoms with Crippen molar-refractivity contribution in [3.05, 3.63) is 29.3 Å². The van der Waals surface area contributed by atoms with Gasteiger partial charge in [-0.25, -0.2) is 4.79 Å². The van der Waals surface area contributed by atoms with Crippen molar-refractivity contribution < 1.29 is 23.9 Å². The largest absolute Gasteiger partial charge is 0.460 e. The average Bonchev–Trinajstić information content (AvgIpc) is 2.66. The third-order valence-electron chi connectivity index (χ3n) is 4.74. The van der Waals surface area contributed by atoms with Crippen LogP contribution in [0.15, 0.2) is 18.2 Å². The summed E-state index contributed by atoms with van der Waals surface area (Å²) in [5, 5.41) is 4.53. The van der Waals surface area contributed by atoms with Crippen LogP contribution in [0.4, 0.5) is 10.5 Å². The van der Waals surface area contributed by atoms with Crippen LogP contribution in [-0.4, -0.2) is 54.7 Å². The van der Waals surface area contributed by atoms with E-state index in [1.165, 1.54) is 0 Å². The maximum Gasteiger partial charge on any atom is 0.407 e. The van der Waals surface area contributed by atoms with Gasteiger partial charge in [-0.2, -0.15) is 0 Å². The molecule has 9 heteroatoms. The third kappa shape index (κ3) is 10.7. The summed E-state index contributed by atoms with van der Waals surface area (Å²) >= 11 is 11.7. The molecule has 1 atom stereocenters. The van der Waals surface area contributed by atoms with Crippen molar-refractivity contribution in [1.82, 2.24) is 5.32 Å². The number of nitrogens with one attached hydrogen (secondary N) is 1. The van der Waals surface area contributed by atoms with Gasteiger partial charge in [-0.3, -0.25) is 14.7 Å². The Kier molecular flexibility index (Phi) is 11.5. The number of halogens is 2. The highest BCUT2D eigenvalue weighted by molar-refractivity contribution is 6.18. The number of hydrogen-bond donors (Lipinski definition) is 1. The molecule has 1 aromatic carbocycles. The van der Waals surface area contributed by atoms with E-state index in [1.54, 1.807) is 25.8 Å². The number of carbonyl (C=O) groups excluding carboxylic acids is 2. The number of aryl methyl sites for hydroxylation is 1. The molecule has 1 aromatic rings. The normalized spacial score (nSPS) is 13.7. The van der Waals surface area contributed by atoms with Gasteiger partial charge in [0.15, 0.2) is 0 Å². The van der Waals surface area contributed by atoms with Gasteiger partial charge in [0, 0.05) is 23.7 Å². The number of benzene rings is 1. The molecule has 0 bridgehead atoms. The first kappa shape index (κ1) is 30.3. The van der Waals surface area contributed by atoms with Gasteiger partial charge >= 0.3 is 12.1 Å². The minimum Gasteiger partial charge on any atom is -0.460 e. The van der Waals surface area contributed by atoms with E-state index in [-0.39, 0.29) is 18.9 Å². The number of alkyl carbamates (subject to hydrolysis) is 1. The first-order valence-corrected chi connectivity index (χ1v) is 12.5. The number of alkyl halides is 2. The van der Waals surface area contributed by atoms with Crippen LogP contribution < -0.4 is 10.4 Å². The van der Waals surface area contributed by atoms with Crippen LogP contribution in [0.1, 0.15) is 66.0 Å². The quantitative estimate of drug-likeness (QED) is 0.229. The van der Waals surface area contributed by atoms with Gasteiger partial charge in [-0.15, -0.1) is 23.2 Å². The van der Waals surface area contributed by atoms with Crippen LogP contribution in [-0.2, 0) is 24.5 Å². The van der Waals surface area contributed by atoms with Crippen LogP contribution >= 0.6 is 23.2 Å². The molecule has 0 aliphatic carbocycles. The molecule has 0 saturated carbocycles. The Balaban J connectivity index is 3.26. The number of anilines is 1. The highest BCUT2D eigenvalue weighted by atomic mass is 35.5. The summed E-state index contributed by atoms with van der Waals surface area (Å²) in [6.45, 7) is 15.8. The summed E-state index contributed by atoms with van der Waals surface area (Å²) in [5.41, 5.74) is 0.683. The molecular formula is C25H40Cl2N2O5. The standard InChI is InChI=1S/C25H40Cl2N2O5/c1-18-15-19(29(13-11-26)32-14-12-27)9-10-20(18)25(8,16-21(30)33-23(2,3)4)17-28-22(31)34-24(5,6)7/h9-10,15H,11-14,16-17H2,1-8H3,(H,28,31). The molecule has 1 rings (SSSR count). The summed E-state index contributed by atoms with van der Waals surface area (Å²) < 4.78 is 11.0. The zero-order valence-electron chi connectivity index (χ0n) is 21.7.